The van der Waals surface area contributed by atoms with Crippen molar-refractivity contribution in [2.45, 2.75) is 49.9 Å². The average molecular weight is 213 g/mol. The van der Waals surface area contributed by atoms with Gasteiger partial charge in [0.15, 0.2) is 5.79 Å². The molecule has 2 rings (SSSR count). The third-order valence-corrected chi connectivity index (χ3v) is 3.95. The fourth-order valence-corrected chi connectivity index (χ4v) is 2.75. The standard InChI is InChI=1S/C11H19NO3/c1-14-11(15-2)7-5-10(6-8-11)4-3-9(13)12-10/h3-8H2,1-2H3,(H,12,13). The molecule has 1 N–H and O–H groups in total. The van der Waals surface area contributed by atoms with Crippen LogP contribution in [0.3, 0.4) is 0 Å². The fourth-order valence-electron chi connectivity index (χ4n) is 2.75. The Morgan fingerprint density at radius 3 is 2.07 bits per heavy atom. The molecule has 1 amide bonds. The normalized spacial score (nSPS) is 28.0. The van der Waals surface area contributed by atoms with Crippen molar-refractivity contribution in [3.8, 4) is 0 Å². The minimum absolute atomic E-state index is 0.0393. The lowest BCUT2D eigenvalue weighted by Crippen LogP contribution is -2.50. The maximum absolute atomic E-state index is 11.2. The number of methoxy groups -OCH3 is 2. The maximum Gasteiger partial charge on any atom is 0.220 e. The van der Waals surface area contributed by atoms with Gasteiger partial charge in [-0.1, -0.05) is 0 Å². The number of carbonyl (C=O) groups excluding carboxylic acids is 1. The second-order valence-corrected chi connectivity index (χ2v) is 4.65. The highest BCUT2D eigenvalue weighted by molar-refractivity contribution is 5.79. The molecule has 1 saturated heterocycles. The largest absolute Gasteiger partial charge is 0.353 e. The number of carbonyl (C=O) groups is 1. The first-order chi connectivity index (χ1) is 7.14. The summed E-state index contributed by atoms with van der Waals surface area (Å²) in [5, 5.41) is 3.11. The van der Waals surface area contributed by atoms with Gasteiger partial charge in [0.25, 0.3) is 0 Å². The number of ether oxygens (including phenoxy) is 2. The minimum Gasteiger partial charge on any atom is -0.353 e. The molecule has 0 aromatic carbocycles. The Balaban J connectivity index is 1.99. The lowest BCUT2D eigenvalue weighted by Gasteiger charge is -2.42. The first-order valence-electron chi connectivity index (χ1n) is 5.55. The molecule has 86 valence electrons. The molecule has 0 unspecified atom stereocenters. The molecule has 1 aliphatic carbocycles. The SMILES string of the molecule is COC1(OC)CCC2(CCC(=O)N2)CC1. The smallest absolute Gasteiger partial charge is 0.220 e. The van der Waals surface area contributed by atoms with Crippen molar-refractivity contribution < 1.29 is 14.3 Å². The van der Waals surface area contributed by atoms with E-state index in [0.29, 0.717) is 6.42 Å². The summed E-state index contributed by atoms with van der Waals surface area (Å²) in [5.41, 5.74) is 0.0393. The molecule has 4 heteroatoms. The van der Waals surface area contributed by atoms with Gasteiger partial charge >= 0.3 is 0 Å². The van der Waals surface area contributed by atoms with E-state index in [9.17, 15) is 4.79 Å². The second kappa shape index (κ2) is 3.76. The van der Waals surface area contributed by atoms with Crippen LogP contribution < -0.4 is 5.32 Å². The van der Waals surface area contributed by atoms with Crippen molar-refractivity contribution in [1.82, 2.24) is 5.32 Å². The summed E-state index contributed by atoms with van der Waals surface area (Å²) in [6.07, 6.45) is 5.28. The first-order valence-corrected chi connectivity index (χ1v) is 5.55. The van der Waals surface area contributed by atoms with Crippen LogP contribution in [-0.2, 0) is 14.3 Å². The molecule has 0 aromatic heterocycles. The zero-order chi connectivity index (χ0) is 10.9. The van der Waals surface area contributed by atoms with E-state index in [2.05, 4.69) is 5.32 Å². The monoisotopic (exact) mass is 213 g/mol. The summed E-state index contributed by atoms with van der Waals surface area (Å²) in [5.74, 6) is -0.226. The quantitative estimate of drug-likeness (QED) is 0.701. The fraction of sp³-hybridized carbons (Fsp3) is 0.909. The van der Waals surface area contributed by atoms with Gasteiger partial charge in [-0.25, -0.2) is 0 Å². The van der Waals surface area contributed by atoms with Crippen LogP contribution >= 0.6 is 0 Å². The Morgan fingerprint density at radius 2 is 1.67 bits per heavy atom. The number of rotatable bonds is 2. The lowest BCUT2D eigenvalue weighted by atomic mass is 9.78. The van der Waals surface area contributed by atoms with Gasteiger partial charge in [0.05, 0.1) is 0 Å². The third-order valence-electron chi connectivity index (χ3n) is 3.95. The molecule has 0 radical (unpaired) electrons. The van der Waals surface area contributed by atoms with E-state index in [-0.39, 0.29) is 11.4 Å². The Kier molecular flexibility index (Phi) is 2.73. The highest BCUT2D eigenvalue weighted by Gasteiger charge is 2.46. The van der Waals surface area contributed by atoms with Crippen molar-refractivity contribution >= 4 is 5.91 Å². The zero-order valence-electron chi connectivity index (χ0n) is 9.47. The van der Waals surface area contributed by atoms with Crippen LogP contribution in [0.15, 0.2) is 0 Å². The summed E-state index contributed by atoms with van der Waals surface area (Å²) in [4.78, 5) is 11.2. The number of amides is 1. The summed E-state index contributed by atoms with van der Waals surface area (Å²) < 4.78 is 10.8. The van der Waals surface area contributed by atoms with Crippen LogP contribution in [-0.4, -0.2) is 31.5 Å². The molecule has 0 bridgehead atoms. The highest BCUT2D eigenvalue weighted by atomic mass is 16.7. The van der Waals surface area contributed by atoms with Crippen molar-refractivity contribution in [3.63, 3.8) is 0 Å². The van der Waals surface area contributed by atoms with Gasteiger partial charge in [0.2, 0.25) is 5.91 Å². The number of hydrogen-bond acceptors (Lipinski definition) is 3. The topological polar surface area (TPSA) is 47.6 Å². The van der Waals surface area contributed by atoms with Crippen molar-refractivity contribution in [3.05, 3.63) is 0 Å². The summed E-state index contributed by atoms with van der Waals surface area (Å²) >= 11 is 0. The van der Waals surface area contributed by atoms with Crippen LogP contribution in [0.4, 0.5) is 0 Å². The van der Waals surface area contributed by atoms with E-state index in [4.69, 9.17) is 9.47 Å². The predicted molar refractivity (Wildman–Crippen MR) is 55.3 cm³/mol. The van der Waals surface area contributed by atoms with Gasteiger partial charge in [0, 0.05) is 39.0 Å². The van der Waals surface area contributed by atoms with Crippen LogP contribution in [0, 0.1) is 0 Å². The minimum atomic E-state index is -0.418. The van der Waals surface area contributed by atoms with Gasteiger partial charge in [-0.15, -0.1) is 0 Å². The predicted octanol–water partition coefficient (Wildman–Crippen LogP) is 1.20. The Hall–Kier alpha value is -0.610. The van der Waals surface area contributed by atoms with Crippen molar-refractivity contribution in [1.29, 1.82) is 0 Å². The first kappa shape index (κ1) is 10.9. The summed E-state index contributed by atoms with van der Waals surface area (Å²) in [6, 6.07) is 0. The lowest BCUT2D eigenvalue weighted by molar-refractivity contribution is -0.229. The average Bonchev–Trinajstić information content (AvgIpc) is 2.63. The van der Waals surface area contributed by atoms with Crippen LogP contribution in [0.25, 0.3) is 0 Å². The van der Waals surface area contributed by atoms with Crippen LogP contribution in [0.2, 0.25) is 0 Å². The van der Waals surface area contributed by atoms with E-state index in [1.54, 1.807) is 14.2 Å². The molecule has 4 nitrogen and oxygen atoms in total. The molecule has 1 spiro atoms. The van der Waals surface area contributed by atoms with E-state index in [1.165, 1.54) is 0 Å². The van der Waals surface area contributed by atoms with Crippen LogP contribution in [0.1, 0.15) is 38.5 Å². The molecule has 0 atom stereocenters. The van der Waals surface area contributed by atoms with Gasteiger partial charge in [-0.05, 0) is 19.3 Å². The molecule has 1 saturated carbocycles. The maximum atomic E-state index is 11.2. The van der Waals surface area contributed by atoms with Crippen molar-refractivity contribution in [2.75, 3.05) is 14.2 Å². The third kappa shape index (κ3) is 1.88. The van der Waals surface area contributed by atoms with E-state index < -0.39 is 5.79 Å². The molecule has 15 heavy (non-hydrogen) atoms. The van der Waals surface area contributed by atoms with Crippen molar-refractivity contribution in [2.24, 2.45) is 0 Å². The Bertz CT molecular complexity index is 251. The van der Waals surface area contributed by atoms with Gasteiger partial charge in [0.1, 0.15) is 0 Å². The highest BCUT2D eigenvalue weighted by Crippen LogP contribution is 2.41. The number of hydrogen-bond donors (Lipinski definition) is 1. The molecule has 2 fully saturated rings. The molecule has 1 aliphatic heterocycles. The van der Waals surface area contributed by atoms with Gasteiger partial charge < -0.3 is 14.8 Å². The Labute approximate surface area is 90.3 Å². The van der Waals surface area contributed by atoms with Crippen LogP contribution in [0.5, 0.6) is 0 Å². The number of nitrogens with one attached hydrogen (secondary N) is 1. The molecular weight excluding hydrogens is 194 g/mol. The zero-order valence-corrected chi connectivity index (χ0v) is 9.47. The van der Waals surface area contributed by atoms with E-state index >= 15 is 0 Å². The summed E-state index contributed by atoms with van der Waals surface area (Å²) in [6.45, 7) is 0. The summed E-state index contributed by atoms with van der Waals surface area (Å²) in [7, 11) is 3.38. The van der Waals surface area contributed by atoms with E-state index in [0.717, 1.165) is 32.1 Å². The molecule has 1 heterocycles. The van der Waals surface area contributed by atoms with Gasteiger partial charge in [-0.3, -0.25) is 4.79 Å². The Morgan fingerprint density at radius 1 is 1.07 bits per heavy atom. The van der Waals surface area contributed by atoms with E-state index in [1.807, 2.05) is 0 Å². The molecule has 2 aliphatic rings. The van der Waals surface area contributed by atoms with Gasteiger partial charge in [-0.2, -0.15) is 0 Å². The molecule has 0 aromatic rings. The second-order valence-electron chi connectivity index (χ2n) is 4.65. The molecular formula is C11H19NO3.